The molecular weight excluding hydrogens is 755 g/mol. The van der Waals surface area contributed by atoms with Gasteiger partial charge in [0.25, 0.3) is 0 Å². The van der Waals surface area contributed by atoms with Gasteiger partial charge in [-0.15, -0.1) is 0 Å². The Kier molecular flexibility index (Phi) is 8.46. The Morgan fingerprint density at radius 2 is 0.823 bits per heavy atom. The predicted molar refractivity (Wildman–Crippen MR) is 256 cm³/mol. The van der Waals surface area contributed by atoms with Crippen molar-refractivity contribution >= 4 is 43.7 Å². The van der Waals surface area contributed by atoms with E-state index in [-0.39, 0.29) is 0 Å². The van der Waals surface area contributed by atoms with Crippen LogP contribution in [0, 0.1) is 0 Å². The normalized spacial score (nSPS) is 11.5. The van der Waals surface area contributed by atoms with Crippen LogP contribution in [-0.2, 0) is 0 Å². The van der Waals surface area contributed by atoms with Crippen LogP contribution in [0.1, 0.15) is 0 Å². The van der Waals surface area contributed by atoms with Gasteiger partial charge < -0.3 is 8.98 Å². The van der Waals surface area contributed by atoms with Gasteiger partial charge in [0.05, 0.1) is 28.1 Å². The number of aromatic nitrogens is 3. The molecule has 4 nitrogen and oxygen atoms in total. The first-order valence-electron chi connectivity index (χ1n) is 21.0. The molecule has 0 aliphatic carbocycles. The highest BCUT2D eigenvalue weighted by molar-refractivity contribution is 6.12. The van der Waals surface area contributed by atoms with Gasteiger partial charge in [-0.2, -0.15) is 0 Å². The van der Waals surface area contributed by atoms with Crippen LogP contribution in [0.25, 0.3) is 117 Å². The fourth-order valence-corrected chi connectivity index (χ4v) is 9.07. The summed E-state index contributed by atoms with van der Waals surface area (Å²) in [6.45, 7) is 0. The van der Waals surface area contributed by atoms with Gasteiger partial charge in [0.2, 0.25) is 0 Å². The number of fused-ring (bicyclic) bond motifs is 6. The molecule has 12 aromatic rings. The fourth-order valence-electron chi connectivity index (χ4n) is 9.07. The third-order valence-corrected chi connectivity index (χ3v) is 12.0. The van der Waals surface area contributed by atoms with Crippen LogP contribution in [0.3, 0.4) is 0 Å². The molecule has 0 atom stereocenters. The second kappa shape index (κ2) is 14.7. The van der Waals surface area contributed by atoms with Crippen molar-refractivity contribution in [2.24, 2.45) is 0 Å². The lowest BCUT2D eigenvalue weighted by Crippen LogP contribution is -2.02. The van der Waals surface area contributed by atoms with Gasteiger partial charge in [-0.1, -0.05) is 170 Å². The highest BCUT2D eigenvalue weighted by Gasteiger charge is 2.23. The van der Waals surface area contributed by atoms with E-state index in [2.05, 4.69) is 199 Å². The SMILES string of the molecule is c1ccc(-c2ccc3c(c2)c2ccccc2n3-c2c(-c3ccccc3)cc(-c3cc(-c4ccc5c(c4)oc4ccccc45)nc(-c4ccccc4)n3)cc2-c2ccccc2)cc1. The topological polar surface area (TPSA) is 43.9 Å². The fraction of sp³-hybridized carbons (Fsp3) is 0. The maximum absolute atomic E-state index is 6.37. The van der Waals surface area contributed by atoms with Gasteiger partial charge >= 0.3 is 0 Å². The Hall–Kier alpha value is -8.34. The van der Waals surface area contributed by atoms with Gasteiger partial charge in [-0.05, 0) is 76.9 Å². The summed E-state index contributed by atoms with van der Waals surface area (Å²) < 4.78 is 8.84. The summed E-state index contributed by atoms with van der Waals surface area (Å²) in [6, 6.07) is 79.4. The van der Waals surface area contributed by atoms with Gasteiger partial charge in [0, 0.05) is 49.4 Å². The molecule has 3 aromatic heterocycles. The van der Waals surface area contributed by atoms with Crippen molar-refractivity contribution in [2.45, 2.75) is 0 Å². The number of nitrogens with zero attached hydrogens (tertiary/aromatic N) is 3. The van der Waals surface area contributed by atoms with Gasteiger partial charge in [-0.3, -0.25) is 0 Å². The Morgan fingerprint density at radius 1 is 0.306 bits per heavy atom. The zero-order valence-corrected chi connectivity index (χ0v) is 33.6. The molecule has 0 aliphatic heterocycles. The Balaban J connectivity index is 1.14. The van der Waals surface area contributed by atoms with Crippen molar-refractivity contribution in [3.8, 4) is 73.0 Å². The van der Waals surface area contributed by atoms with Crippen molar-refractivity contribution in [3.05, 3.63) is 224 Å². The van der Waals surface area contributed by atoms with Crippen molar-refractivity contribution in [1.82, 2.24) is 14.5 Å². The van der Waals surface area contributed by atoms with Crippen molar-refractivity contribution in [1.29, 1.82) is 0 Å². The summed E-state index contributed by atoms with van der Waals surface area (Å²) in [7, 11) is 0. The van der Waals surface area contributed by atoms with Crippen LogP contribution in [0.15, 0.2) is 229 Å². The molecule has 0 N–H and O–H groups in total. The number of furan rings is 1. The van der Waals surface area contributed by atoms with Crippen LogP contribution < -0.4 is 0 Å². The molecule has 0 unspecified atom stereocenters. The minimum Gasteiger partial charge on any atom is -0.456 e. The molecular formula is C58H37N3O. The quantitative estimate of drug-likeness (QED) is 0.161. The standard InChI is InChI=1S/C58H37N3O/c1-5-17-38(18-6-1)42-30-32-54-50(33-42)45-25-13-15-27-53(45)61(54)57-48(39-19-7-2-8-20-39)34-44(35-49(57)40-21-9-3-10-22-40)52-37-51(59-58(60-52)41-23-11-4-12-24-41)43-29-31-47-46-26-14-16-28-55(46)62-56(47)36-43/h1-37H. The second-order valence-electron chi connectivity index (χ2n) is 15.7. The van der Waals surface area contributed by atoms with E-state index >= 15 is 0 Å². The number of hydrogen-bond donors (Lipinski definition) is 0. The Bertz CT molecular complexity index is 3550. The summed E-state index contributed by atoms with van der Waals surface area (Å²) in [6.07, 6.45) is 0. The third kappa shape index (κ3) is 6.08. The van der Waals surface area contributed by atoms with E-state index < -0.39 is 0 Å². The maximum Gasteiger partial charge on any atom is 0.160 e. The van der Waals surface area contributed by atoms with Crippen LogP contribution >= 0.6 is 0 Å². The van der Waals surface area contributed by atoms with E-state index in [1.165, 1.54) is 21.9 Å². The lowest BCUT2D eigenvalue weighted by Gasteiger charge is -2.21. The molecule has 4 heteroatoms. The lowest BCUT2D eigenvalue weighted by atomic mass is 9.91. The molecule has 0 radical (unpaired) electrons. The van der Waals surface area contributed by atoms with E-state index in [9.17, 15) is 0 Å². The highest BCUT2D eigenvalue weighted by Crippen LogP contribution is 2.45. The summed E-state index contributed by atoms with van der Waals surface area (Å²) >= 11 is 0. The predicted octanol–water partition coefficient (Wildman–Crippen LogP) is 15.5. The molecule has 290 valence electrons. The molecule has 62 heavy (non-hydrogen) atoms. The smallest absolute Gasteiger partial charge is 0.160 e. The molecule has 0 saturated carbocycles. The lowest BCUT2D eigenvalue weighted by molar-refractivity contribution is 0.669. The van der Waals surface area contributed by atoms with Crippen molar-refractivity contribution in [2.75, 3.05) is 0 Å². The molecule has 0 saturated heterocycles. The summed E-state index contributed by atoms with van der Waals surface area (Å²) in [5.74, 6) is 0.658. The molecule has 0 aliphatic rings. The Labute approximate surface area is 358 Å². The summed E-state index contributed by atoms with van der Waals surface area (Å²) in [5, 5.41) is 4.60. The van der Waals surface area contributed by atoms with Gasteiger partial charge in [0.15, 0.2) is 5.82 Å². The minimum atomic E-state index is 0.658. The van der Waals surface area contributed by atoms with Crippen LogP contribution in [0.4, 0.5) is 0 Å². The first-order chi connectivity index (χ1) is 30.7. The number of para-hydroxylation sites is 2. The molecule has 3 heterocycles. The summed E-state index contributed by atoms with van der Waals surface area (Å²) in [4.78, 5) is 10.6. The Morgan fingerprint density at radius 3 is 1.50 bits per heavy atom. The molecule has 0 spiro atoms. The summed E-state index contributed by atoms with van der Waals surface area (Å²) in [5.41, 5.74) is 16.4. The van der Waals surface area contributed by atoms with Gasteiger partial charge in [0.1, 0.15) is 11.2 Å². The third-order valence-electron chi connectivity index (χ3n) is 12.0. The molecule has 0 amide bonds. The monoisotopic (exact) mass is 791 g/mol. The number of rotatable bonds is 7. The molecule has 9 aromatic carbocycles. The van der Waals surface area contributed by atoms with Crippen LogP contribution in [0.5, 0.6) is 0 Å². The molecule has 12 rings (SSSR count). The average molecular weight is 792 g/mol. The van der Waals surface area contributed by atoms with Crippen molar-refractivity contribution in [3.63, 3.8) is 0 Å². The average Bonchev–Trinajstić information content (AvgIpc) is 3.89. The van der Waals surface area contributed by atoms with E-state index in [1.54, 1.807) is 0 Å². The number of benzene rings is 9. The largest absolute Gasteiger partial charge is 0.456 e. The highest BCUT2D eigenvalue weighted by atomic mass is 16.3. The maximum atomic E-state index is 6.37. The van der Waals surface area contributed by atoms with Crippen LogP contribution in [0.2, 0.25) is 0 Å². The van der Waals surface area contributed by atoms with E-state index in [4.69, 9.17) is 14.4 Å². The van der Waals surface area contributed by atoms with Crippen molar-refractivity contribution < 1.29 is 4.42 Å². The molecule has 0 fully saturated rings. The first-order valence-corrected chi connectivity index (χ1v) is 21.0. The second-order valence-corrected chi connectivity index (χ2v) is 15.7. The zero-order chi connectivity index (χ0) is 41.0. The first kappa shape index (κ1) is 35.6. The van der Waals surface area contributed by atoms with E-state index in [0.29, 0.717) is 5.82 Å². The zero-order valence-electron chi connectivity index (χ0n) is 33.6. The van der Waals surface area contributed by atoms with Crippen LogP contribution in [-0.4, -0.2) is 14.5 Å². The van der Waals surface area contributed by atoms with Gasteiger partial charge in [-0.25, -0.2) is 9.97 Å². The molecule has 0 bridgehead atoms. The van der Waals surface area contributed by atoms with E-state index in [0.717, 1.165) is 89.0 Å². The minimum absolute atomic E-state index is 0.658. The number of hydrogen-bond acceptors (Lipinski definition) is 3. The van der Waals surface area contributed by atoms with E-state index in [1.807, 2.05) is 30.3 Å².